The summed E-state index contributed by atoms with van der Waals surface area (Å²) in [5.41, 5.74) is 8.77. The molecule has 262 valence electrons. The molecule has 0 N–H and O–H groups in total. The first kappa shape index (κ1) is 33.8. The van der Waals surface area contributed by atoms with Gasteiger partial charge in [-0.3, -0.25) is 9.78 Å². The van der Waals surface area contributed by atoms with Crippen molar-refractivity contribution in [3.8, 4) is 28.8 Å². The number of aryl methyl sites for hydroxylation is 2. The van der Waals surface area contributed by atoms with E-state index in [2.05, 4.69) is 59.5 Å². The number of piperazine rings is 1. The number of benzene rings is 1. The van der Waals surface area contributed by atoms with E-state index in [0.717, 1.165) is 96.9 Å². The van der Waals surface area contributed by atoms with Crippen LogP contribution in [0.25, 0.3) is 11.1 Å². The zero-order valence-corrected chi connectivity index (χ0v) is 29.4. The lowest BCUT2D eigenvalue weighted by atomic mass is 9.88. The molecule has 2 atom stereocenters. The van der Waals surface area contributed by atoms with E-state index in [4.69, 9.17) is 19.4 Å². The largest absolute Gasteiger partial charge is 0.493 e. The molecular weight excluding hydrogens is 633 g/mol. The minimum Gasteiger partial charge on any atom is -0.493 e. The van der Waals surface area contributed by atoms with E-state index in [1.54, 1.807) is 0 Å². The molecule has 10 nitrogen and oxygen atoms in total. The lowest BCUT2D eigenvalue weighted by molar-refractivity contribution is -0.131. The monoisotopic (exact) mass is 679 g/mol. The maximum absolute atomic E-state index is 14.1. The molecule has 3 aromatic rings. The van der Waals surface area contributed by atoms with Crippen LogP contribution in [0.5, 0.6) is 11.6 Å². The number of anilines is 2. The first-order chi connectivity index (χ1) is 24.2. The summed E-state index contributed by atoms with van der Waals surface area (Å²) in [6, 6.07) is 10.4. The number of nitriles is 1. The molecule has 0 saturated carbocycles. The fourth-order valence-corrected chi connectivity index (χ4v) is 8.27. The molecule has 6 heterocycles. The van der Waals surface area contributed by atoms with Crippen molar-refractivity contribution in [3.63, 3.8) is 0 Å². The molecule has 4 aliphatic rings. The molecule has 2 aromatic heterocycles. The number of halogens is 1. The van der Waals surface area contributed by atoms with Crippen molar-refractivity contribution in [1.29, 1.82) is 5.26 Å². The van der Waals surface area contributed by atoms with Crippen molar-refractivity contribution in [2.75, 3.05) is 62.8 Å². The minimum atomic E-state index is -1.01. The Hall–Kier alpha value is -4.69. The first-order valence-corrected chi connectivity index (χ1v) is 17.8. The van der Waals surface area contributed by atoms with Gasteiger partial charge in [-0.05, 0) is 88.9 Å². The Morgan fingerprint density at radius 3 is 2.68 bits per heavy atom. The Kier molecular flexibility index (Phi) is 9.65. The number of hydrogen-bond donors (Lipinski definition) is 0. The second-order valence-corrected chi connectivity index (χ2v) is 14.0. The lowest BCUT2D eigenvalue weighted by Gasteiger charge is -2.43. The summed E-state index contributed by atoms with van der Waals surface area (Å²) < 4.78 is 26.9. The number of aromatic nitrogens is 2. The van der Waals surface area contributed by atoms with Gasteiger partial charge < -0.3 is 29.1 Å². The lowest BCUT2D eigenvalue weighted by Crippen LogP contribution is -2.55. The number of carbonyl (C=O) groups excluding carboxylic acids is 1. The number of rotatable bonds is 8. The fraction of sp³-hybridized carbons (Fsp3) is 0.487. The van der Waals surface area contributed by atoms with Crippen LogP contribution in [0.4, 0.5) is 15.9 Å². The smallest absolute Gasteiger partial charge is 0.282 e. The standard InChI is InChI=1S/C39H46FN7O3/c1-25-13-16-42-27(3)35(25)36-32-23-45(33-10-5-11-34-31(33)9-7-21-49-34)18-14-30(32)37(43-38(36)50-24-29-8-6-17-44(29)4)46-19-20-47(39(48)26(2)40)28(22-46)12-15-41/h5,10-11,13,16,28-29H,2,6-9,12,14,17-24H2,1,3-4H3/t28-,29-/m0/s1. The summed E-state index contributed by atoms with van der Waals surface area (Å²) in [7, 11) is 2.15. The summed E-state index contributed by atoms with van der Waals surface area (Å²) in [6.07, 6.45) is 6.83. The predicted octanol–water partition coefficient (Wildman–Crippen LogP) is 5.54. The van der Waals surface area contributed by atoms with Crippen LogP contribution in [0.15, 0.2) is 42.9 Å². The Labute approximate surface area is 294 Å². The molecule has 0 unspecified atom stereocenters. The maximum Gasteiger partial charge on any atom is 0.282 e. The Bertz CT molecular complexity index is 1820. The van der Waals surface area contributed by atoms with Crippen LogP contribution in [0.2, 0.25) is 0 Å². The highest BCUT2D eigenvalue weighted by atomic mass is 19.1. The van der Waals surface area contributed by atoms with Gasteiger partial charge in [0.15, 0.2) is 5.83 Å². The average molecular weight is 680 g/mol. The molecule has 2 saturated heterocycles. The zero-order valence-electron chi connectivity index (χ0n) is 29.4. The molecule has 2 fully saturated rings. The number of ether oxygens (including phenoxy) is 2. The zero-order chi connectivity index (χ0) is 34.9. The van der Waals surface area contributed by atoms with Crippen molar-refractivity contribution in [1.82, 2.24) is 19.8 Å². The molecule has 1 amide bonds. The molecule has 0 spiro atoms. The number of hydrogen-bond acceptors (Lipinski definition) is 9. The molecule has 4 aliphatic heterocycles. The van der Waals surface area contributed by atoms with Gasteiger partial charge in [-0.2, -0.15) is 10.2 Å². The van der Waals surface area contributed by atoms with Crippen molar-refractivity contribution in [2.45, 2.75) is 71.0 Å². The summed E-state index contributed by atoms with van der Waals surface area (Å²) in [4.78, 5) is 31.3. The van der Waals surface area contributed by atoms with E-state index in [1.165, 1.54) is 16.2 Å². The minimum absolute atomic E-state index is 0.0796. The van der Waals surface area contributed by atoms with Gasteiger partial charge in [0.05, 0.1) is 30.7 Å². The molecular formula is C39H46FN7O3. The molecule has 7 rings (SSSR count). The Morgan fingerprint density at radius 1 is 1.06 bits per heavy atom. The quantitative estimate of drug-likeness (QED) is 0.285. The summed E-state index contributed by atoms with van der Waals surface area (Å²) in [5.74, 6) is 0.583. The van der Waals surface area contributed by atoms with Crippen LogP contribution < -0.4 is 19.3 Å². The SMILES string of the molecule is C=C(F)C(=O)N1CCN(c2nc(OC[C@@H]3CCCN3C)c(-c3c(C)ccnc3C)c3c2CCN(c2cccc4c2CCCO4)C3)C[C@@H]1CC#N. The summed E-state index contributed by atoms with van der Waals surface area (Å²) in [6.45, 7) is 12.2. The van der Waals surface area contributed by atoms with Crippen molar-refractivity contribution in [3.05, 3.63) is 70.8 Å². The molecule has 1 aromatic carbocycles. The van der Waals surface area contributed by atoms with Crippen LogP contribution in [0.3, 0.4) is 0 Å². The van der Waals surface area contributed by atoms with E-state index < -0.39 is 17.8 Å². The summed E-state index contributed by atoms with van der Waals surface area (Å²) >= 11 is 0. The molecule has 0 aliphatic carbocycles. The molecule has 0 radical (unpaired) electrons. The Morgan fingerprint density at radius 2 is 1.92 bits per heavy atom. The third kappa shape index (κ3) is 6.37. The molecule has 11 heteroatoms. The third-order valence-corrected chi connectivity index (χ3v) is 10.9. The van der Waals surface area contributed by atoms with Crippen LogP contribution >= 0.6 is 0 Å². The van der Waals surface area contributed by atoms with E-state index in [-0.39, 0.29) is 19.0 Å². The van der Waals surface area contributed by atoms with E-state index in [1.807, 2.05) is 19.2 Å². The number of fused-ring (bicyclic) bond motifs is 2. The number of carbonyl (C=O) groups is 1. The predicted molar refractivity (Wildman–Crippen MR) is 191 cm³/mol. The van der Waals surface area contributed by atoms with E-state index >= 15 is 0 Å². The number of pyridine rings is 2. The highest BCUT2D eigenvalue weighted by Crippen LogP contribution is 2.45. The van der Waals surface area contributed by atoms with E-state index in [0.29, 0.717) is 32.1 Å². The van der Waals surface area contributed by atoms with Crippen LogP contribution in [0, 0.1) is 25.2 Å². The highest BCUT2D eigenvalue weighted by molar-refractivity contribution is 5.91. The van der Waals surface area contributed by atoms with Crippen LogP contribution in [-0.2, 0) is 24.2 Å². The number of likely N-dealkylation sites (tertiary alicyclic amines) is 1. The molecule has 50 heavy (non-hydrogen) atoms. The van der Waals surface area contributed by atoms with Gasteiger partial charge in [0.2, 0.25) is 5.88 Å². The van der Waals surface area contributed by atoms with Gasteiger partial charge in [0.1, 0.15) is 18.2 Å². The van der Waals surface area contributed by atoms with Crippen molar-refractivity contribution in [2.24, 2.45) is 0 Å². The van der Waals surface area contributed by atoms with Gasteiger partial charge in [-0.25, -0.2) is 4.39 Å². The van der Waals surface area contributed by atoms with Gasteiger partial charge in [-0.1, -0.05) is 12.6 Å². The normalized spacial score (nSPS) is 20.5. The summed E-state index contributed by atoms with van der Waals surface area (Å²) in [5, 5.41) is 9.70. The second kappa shape index (κ2) is 14.3. The second-order valence-electron chi connectivity index (χ2n) is 14.0. The van der Waals surface area contributed by atoms with Crippen molar-refractivity contribution < 1.29 is 18.7 Å². The fourth-order valence-electron chi connectivity index (χ4n) is 8.27. The third-order valence-electron chi connectivity index (χ3n) is 10.9. The number of likely N-dealkylation sites (N-methyl/N-ethyl adjacent to an activating group) is 1. The van der Waals surface area contributed by atoms with Crippen LogP contribution in [0.1, 0.15) is 53.6 Å². The van der Waals surface area contributed by atoms with Gasteiger partial charge in [0.25, 0.3) is 5.91 Å². The number of amides is 1. The van der Waals surface area contributed by atoms with Gasteiger partial charge in [0, 0.05) is 73.0 Å². The van der Waals surface area contributed by atoms with Gasteiger partial charge >= 0.3 is 0 Å². The van der Waals surface area contributed by atoms with Crippen molar-refractivity contribution >= 4 is 17.4 Å². The van der Waals surface area contributed by atoms with Gasteiger partial charge in [-0.15, -0.1) is 0 Å². The Balaban J connectivity index is 1.37. The van der Waals surface area contributed by atoms with E-state index in [9.17, 15) is 14.4 Å². The first-order valence-electron chi connectivity index (χ1n) is 17.8. The molecule has 0 bridgehead atoms. The number of nitrogens with zero attached hydrogens (tertiary/aromatic N) is 7. The van der Waals surface area contributed by atoms with Crippen LogP contribution in [-0.4, -0.2) is 90.7 Å². The maximum atomic E-state index is 14.1. The average Bonchev–Trinajstić information content (AvgIpc) is 3.54. The highest BCUT2D eigenvalue weighted by Gasteiger charge is 2.37. The topological polar surface area (TPSA) is 98.1 Å².